The van der Waals surface area contributed by atoms with Gasteiger partial charge in [-0.2, -0.15) is 0 Å². The Morgan fingerprint density at radius 1 is 0.411 bits per heavy atom. The van der Waals surface area contributed by atoms with Crippen molar-refractivity contribution in [3.8, 4) is 67.3 Å². The minimum atomic E-state index is -0.122. The van der Waals surface area contributed by atoms with E-state index < -0.39 is 0 Å². The topological polar surface area (TPSA) is 38.9 Å². The van der Waals surface area contributed by atoms with E-state index in [1.807, 2.05) is 18.2 Å². The molecular formula is C53H36N2O. The Hall–Kier alpha value is -7.10. The molecule has 0 spiro atoms. The Labute approximate surface area is 325 Å². The monoisotopic (exact) mass is 716 g/mol. The van der Waals surface area contributed by atoms with E-state index in [1.165, 1.54) is 33.0 Å². The van der Waals surface area contributed by atoms with Crippen LogP contribution in [0.2, 0.25) is 0 Å². The fraction of sp³-hybridized carbons (Fsp3) is 0.0566. The number of nitrogens with zero attached hydrogens (tertiary/aromatic N) is 2. The standard InChI is InChI=1S/C53H36N2O/c1-53(2)45-23-12-11-20-42(45)43-26-24-36(31-46(43)53)47-32-48(55-52(54-47)35-17-7-4-8-18-35)39-29-37(33-14-5-3-6-15-33)28-38(30-39)41-21-13-22-44-50-40-19-10-9-16-34(40)25-27-49(50)56-51(41)44/h3-32H,1-2H3. The molecule has 0 unspecified atom stereocenters. The summed E-state index contributed by atoms with van der Waals surface area (Å²) in [5, 5.41) is 4.65. The third-order valence-electron chi connectivity index (χ3n) is 11.7. The van der Waals surface area contributed by atoms with Crippen LogP contribution in [0.4, 0.5) is 0 Å². The molecule has 11 rings (SSSR count). The van der Waals surface area contributed by atoms with Crippen LogP contribution in [-0.4, -0.2) is 9.97 Å². The normalized spacial score (nSPS) is 13.0. The maximum Gasteiger partial charge on any atom is 0.160 e. The maximum absolute atomic E-state index is 6.74. The van der Waals surface area contributed by atoms with Gasteiger partial charge < -0.3 is 4.42 Å². The van der Waals surface area contributed by atoms with E-state index in [0.29, 0.717) is 5.82 Å². The summed E-state index contributed by atoms with van der Waals surface area (Å²) in [6.07, 6.45) is 0. The van der Waals surface area contributed by atoms with Crippen molar-refractivity contribution >= 4 is 32.7 Å². The van der Waals surface area contributed by atoms with Crippen molar-refractivity contribution in [3.05, 3.63) is 193 Å². The molecule has 0 aliphatic heterocycles. The first kappa shape index (κ1) is 32.3. The van der Waals surface area contributed by atoms with Gasteiger partial charge in [0.1, 0.15) is 11.2 Å². The van der Waals surface area contributed by atoms with Crippen LogP contribution in [0.5, 0.6) is 0 Å². The van der Waals surface area contributed by atoms with Crippen molar-refractivity contribution in [3.63, 3.8) is 0 Å². The molecular weight excluding hydrogens is 681 g/mol. The fourth-order valence-electron chi connectivity index (χ4n) is 8.85. The third-order valence-corrected chi connectivity index (χ3v) is 11.7. The first-order chi connectivity index (χ1) is 27.5. The molecule has 3 nitrogen and oxygen atoms in total. The number of fused-ring (bicyclic) bond motifs is 8. The molecule has 0 bridgehead atoms. The highest BCUT2D eigenvalue weighted by Crippen LogP contribution is 2.50. The molecule has 1 aliphatic rings. The van der Waals surface area contributed by atoms with Crippen LogP contribution in [0.3, 0.4) is 0 Å². The highest BCUT2D eigenvalue weighted by molar-refractivity contribution is 6.20. The predicted octanol–water partition coefficient (Wildman–Crippen LogP) is 14.2. The van der Waals surface area contributed by atoms with Crippen molar-refractivity contribution in [1.29, 1.82) is 0 Å². The molecule has 2 heterocycles. The van der Waals surface area contributed by atoms with Gasteiger partial charge in [-0.3, -0.25) is 0 Å². The first-order valence-electron chi connectivity index (χ1n) is 19.2. The lowest BCUT2D eigenvalue weighted by molar-refractivity contribution is 0.660. The van der Waals surface area contributed by atoms with Crippen molar-refractivity contribution < 1.29 is 4.42 Å². The predicted molar refractivity (Wildman–Crippen MR) is 232 cm³/mol. The number of aromatic nitrogens is 2. The van der Waals surface area contributed by atoms with E-state index in [4.69, 9.17) is 14.4 Å². The van der Waals surface area contributed by atoms with Gasteiger partial charge in [-0.15, -0.1) is 0 Å². The molecule has 8 aromatic carbocycles. The molecule has 0 saturated carbocycles. The van der Waals surface area contributed by atoms with Gasteiger partial charge in [0.25, 0.3) is 0 Å². The Kier molecular flexibility index (Phi) is 7.20. The van der Waals surface area contributed by atoms with Crippen LogP contribution < -0.4 is 0 Å². The SMILES string of the molecule is CC1(C)c2ccccc2-c2ccc(-c3cc(-c4cc(-c5ccccc5)cc(-c5cccc6c5oc5ccc7ccccc7c56)c4)nc(-c4ccccc4)n3)cc21. The Morgan fingerprint density at radius 2 is 1.05 bits per heavy atom. The highest BCUT2D eigenvalue weighted by atomic mass is 16.3. The van der Waals surface area contributed by atoms with Crippen LogP contribution in [-0.2, 0) is 5.41 Å². The van der Waals surface area contributed by atoms with Crippen molar-refractivity contribution in [1.82, 2.24) is 9.97 Å². The molecule has 1 aliphatic carbocycles. The highest BCUT2D eigenvalue weighted by Gasteiger charge is 2.35. The van der Waals surface area contributed by atoms with Crippen LogP contribution >= 0.6 is 0 Å². The maximum atomic E-state index is 6.74. The third kappa shape index (κ3) is 5.12. The van der Waals surface area contributed by atoms with Gasteiger partial charge in [0.2, 0.25) is 0 Å². The summed E-state index contributed by atoms with van der Waals surface area (Å²) < 4.78 is 6.74. The number of rotatable bonds is 5. The summed E-state index contributed by atoms with van der Waals surface area (Å²) in [5.41, 5.74) is 16.1. The molecule has 0 radical (unpaired) electrons. The molecule has 0 saturated heterocycles. The van der Waals surface area contributed by atoms with E-state index in [9.17, 15) is 0 Å². The second-order valence-electron chi connectivity index (χ2n) is 15.4. The number of hydrogen-bond acceptors (Lipinski definition) is 3. The second kappa shape index (κ2) is 12.5. The first-order valence-corrected chi connectivity index (χ1v) is 19.2. The zero-order valence-electron chi connectivity index (χ0n) is 31.1. The molecule has 0 atom stereocenters. The Morgan fingerprint density at radius 3 is 1.89 bits per heavy atom. The van der Waals surface area contributed by atoms with Crippen LogP contribution in [0.15, 0.2) is 186 Å². The van der Waals surface area contributed by atoms with Crippen molar-refractivity contribution in [2.45, 2.75) is 19.3 Å². The number of benzene rings is 8. The number of para-hydroxylation sites is 1. The summed E-state index contributed by atoms with van der Waals surface area (Å²) in [7, 11) is 0. The van der Waals surface area contributed by atoms with Crippen LogP contribution in [0, 0.1) is 0 Å². The molecule has 3 heteroatoms. The summed E-state index contributed by atoms with van der Waals surface area (Å²) in [6.45, 7) is 4.65. The molecule has 0 N–H and O–H groups in total. The number of furan rings is 1. The van der Waals surface area contributed by atoms with Crippen LogP contribution in [0.25, 0.3) is 100.0 Å². The molecule has 0 amide bonds. The molecule has 2 aromatic heterocycles. The fourth-order valence-corrected chi connectivity index (χ4v) is 8.85. The molecule has 264 valence electrons. The van der Waals surface area contributed by atoms with Crippen molar-refractivity contribution in [2.75, 3.05) is 0 Å². The van der Waals surface area contributed by atoms with E-state index >= 15 is 0 Å². The summed E-state index contributed by atoms with van der Waals surface area (Å²) in [4.78, 5) is 10.5. The second-order valence-corrected chi connectivity index (χ2v) is 15.4. The van der Waals surface area contributed by atoms with Gasteiger partial charge in [0.15, 0.2) is 5.82 Å². The van der Waals surface area contributed by atoms with E-state index in [2.05, 4.69) is 178 Å². The van der Waals surface area contributed by atoms with Crippen molar-refractivity contribution in [2.24, 2.45) is 0 Å². The zero-order valence-corrected chi connectivity index (χ0v) is 31.1. The van der Waals surface area contributed by atoms with E-state index in [0.717, 1.165) is 72.3 Å². The van der Waals surface area contributed by atoms with Gasteiger partial charge >= 0.3 is 0 Å². The smallest absolute Gasteiger partial charge is 0.160 e. The van der Waals surface area contributed by atoms with Gasteiger partial charge in [-0.05, 0) is 86.1 Å². The molecule has 10 aromatic rings. The minimum Gasteiger partial charge on any atom is -0.455 e. The summed E-state index contributed by atoms with van der Waals surface area (Å²) in [5.74, 6) is 0.694. The summed E-state index contributed by atoms with van der Waals surface area (Å²) in [6, 6.07) is 64.7. The largest absolute Gasteiger partial charge is 0.455 e. The molecule has 56 heavy (non-hydrogen) atoms. The van der Waals surface area contributed by atoms with E-state index in [-0.39, 0.29) is 5.41 Å². The lowest BCUT2D eigenvalue weighted by atomic mass is 9.82. The quantitative estimate of drug-likeness (QED) is 0.178. The average molecular weight is 717 g/mol. The van der Waals surface area contributed by atoms with Gasteiger partial charge in [-0.1, -0.05) is 159 Å². The average Bonchev–Trinajstić information content (AvgIpc) is 3.76. The van der Waals surface area contributed by atoms with E-state index in [1.54, 1.807) is 0 Å². The van der Waals surface area contributed by atoms with Gasteiger partial charge in [0.05, 0.1) is 11.4 Å². The van der Waals surface area contributed by atoms with Gasteiger partial charge in [-0.25, -0.2) is 9.97 Å². The molecule has 0 fully saturated rings. The van der Waals surface area contributed by atoms with Gasteiger partial charge in [0, 0.05) is 38.4 Å². The van der Waals surface area contributed by atoms with Crippen LogP contribution in [0.1, 0.15) is 25.0 Å². The Balaban J connectivity index is 1.13. The Bertz CT molecular complexity index is 3160. The lowest BCUT2D eigenvalue weighted by Crippen LogP contribution is -2.14. The lowest BCUT2D eigenvalue weighted by Gasteiger charge is -2.22. The zero-order chi connectivity index (χ0) is 37.4. The summed E-state index contributed by atoms with van der Waals surface area (Å²) >= 11 is 0. The minimum absolute atomic E-state index is 0.122. The number of hydrogen-bond donors (Lipinski definition) is 0.